The van der Waals surface area contributed by atoms with Gasteiger partial charge in [0.15, 0.2) is 5.16 Å². The van der Waals surface area contributed by atoms with Gasteiger partial charge in [-0.1, -0.05) is 17.8 Å². The molecule has 0 aliphatic heterocycles. The molecule has 0 bridgehead atoms. The zero-order chi connectivity index (χ0) is 12.6. The molecule has 0 aliphatic carbocycles. The summed E-state index contributed by atoms with van der Waals surface area (Å²) in [7, 11) is 0. The molecule has 2 rings (SSSR count). The van der Waals surface area contributed by atoms with E-state index in [9.17, 15) is 4.79 Å². The Labute approximate surface area is 114 Å². The second-order valence-corrected chi connectivity index (χ2v) is 5.47. The topological polar surface area (TPSA) is 54.9 Å². The van der Waals surface area contributed by atoms with Gasteiger partial charge in [0.05, 0.1) is 5.75 Å². The van der Waals surface area contributed by atoms with Crippen LogP contribution >= 0.6 is 23.1 Å². The lowest BCUT2D eigenvalue weighted by Gasteiger charge is -2.03. The molecular weight excluding hydrogens is 266 g/mol. The standard InChI is InChI=1S/C12H13N3OS2/c16-11(9-18-12-14-5-2-6-15-12)13-7-4-10-3-1-8-17-10/h1-3,5-6,8H,4,7,9H2,(H,13,16). The number of thioether (sulfide) groups is 1. The van der Waals surface area contributed by atoms with Gasteiger partial charge in [0.2, 0.25) is 5.91 Å². The number of carbonyl (C=O) groups is 1. The molecule has 0 unspecified atom stereocenters. The highest BCUT2D eigenvalue weighted by Crippen LogP contribution is 2.10. The molecule has 1 N–H and O–H groups in total. The summed E-state index contributed by atoms with van der Waals surface area (Å²) < 4.78 is 0. The summed E-state index contributed by atoms with van der Waals surface area (Å²) in [5, 5.41) is 5.55. The molecule has 18 heavy (non-hydrogen) atoms. The minimum Gasteiger partial charge on any atom is -0.355 e. The maximum atomic E-state index is 11.6. The first-order valence-corrected chi connectivity index (χ1v) is 7.40. The van der Waals surface area contributed by atoms with Crippen LogP contribution in [0.4, 0.5) is 0 Å². The highest BCUT2D eigenvalue weighted by molar-refractivity contribution is 7.99. The minimum absolute atomic E-state index is 0.0176. The number of hydrogen-bond donors (Lipinski definition) is 1. The second kappa shape index (κ2) is 7.13. The van der Waals surface area contributed by atoms with Crippen molar-refractivity contribution in [1.29, 1.82) is 0 Å². The van der Waals surface area contributed by atoms with Crippen molar-refractivity contribution >= 4 is 29.0 Å². The molecular formula is C12H13N3OS2. The van der Waals surface area contributed by atoms with Crippen molar-refractivity contribution in [3.8, 4) is 0 Å². The van der Waals surface area contributed by atoms with Crippen LogP contribution in [-0.2, 0) is 11.2 Å². The van der Waals surface area contributed by atoms with Crippen LogP contribution < -0.4 is 5.32 Å². The largest absolute Gasteiger partial charge is 0.355 e. The number of nitrogens with one attached hydrogen (secondary N) is 1. The highest BCUT2D eigenvalue weighted by atomic mass is 32.2. The molecule has 0 fully saturated rings. The second-order valence-electron chi connectivity index (χ2n) is 3.50. The van der Waals surface area contributed by atoms with E-state index < -0.39 is 0 Å². The van der Waals surface area contributed by atoms with E-state index >= 15 is 0 Å². The first-order chi connectivity index (χ1) is 8.84. The highest BCUT2D eigenvalue weighted by Gasteiger charge is 2.03. The van der Waals surface area contributed by atoms with Crippen LogP contribution in [0.3, 0.4) is 0 Å². The van der Waals surface area contributed by atoms with E-state index in [1.807, 2.05) is 11.4 Å². The van der Waals surface area contributed by atoms with Gasteiger partial charge in [-0.25, -0.2) is 9.97 Å². The Hall–Kier alpha value is -1.40. The summed E-state index contributed by atoms with van der Waals surface area (Å²) in [6, 6.07) is 5.85. The van der Waals surface area contributed by atoms with Crippen LogP contribution in [0.1, 0.15) is 4.88 Å². The molecule has 0 saturated carbocycles. The zero-order valence-corrected chi connectivity index (χ0v) is 11.3. The van der Waals surface area contributed by atoms with E-state index in [0.29, 0.717) is 17.5 Å². The molecule has 0 radical (unpaired) electrons. The van der Waals surface area contributed by atoms with Gasteiger partial charge in [-0.2, -0.15) is 0 Å². The van der Waals surface area contributed by atoms with E-state index in [0.717, 1.165) is 6.42 Å². The lowest BCUT2D eigenvalue weighted by molar-refractivity contribution is -0.118. The molecule has 1 amide bonds. The Kier molecular flexibility index (Phi) is 5.16. The predicted octanol–water partition coefficient (Wildman–Crippen LogP) is 1.99. The monoisotopic (exact) mass is 279 g/mol. The summed E-state index contributed by atoms with van der Waals surface area (Å²) in [5.74, 6) is 0.373. The number of aromatic nitrogens is 2. The van der Waals surface area contributed by atoms with Crippen molar-refractivity contribution in [2.24, 2.45) is 0 Å². The van der Waals surface area contributed by atoms with Gasteiger partial charge in [-0.3, -0.25) is 4.79 Å². The number of carbonyl (C=O) groups excluding carboxylic acids is 1. The third kappa shape index (κ3) is 4.46. The van der Waals surface area contributed by atoms with E-state index in [1.165, 1.54) is 16.6 Å². The number of amides is 1. The Bertz CT molecular complexity index is 473. The van der Waals surface area contributed by atoms with Crippen LogP contribution in [-0.4, -0.2) is 28.2 Å². The molecule has 2 heterocycles. The van der Waals surface area contributed by atoms with Gasteiger partial charge in [-0.15, -0.1) is 11.3 Å². The summed E-state index contributed by atoms with van der Waals surface area (Å²) >= 11 is 3.05. The van der Waals surface area contributed by atoms with E-state index in [4.69, 9.17) is 0 Å². The average molecular weight is 279 g/mol. The van der Waals surface area contributed by atoms with E-state index in [1.54, 1.807) is 29.8 Å². The maximum absolute atomic E-state index is 11.6. The fourth-order valence-electron chi connectivity index (χ4n) is 1.32. The molecule has 0 aliphatic rings. The predicted molar refractivity (Wildman–Crippen MR) is 73.8 cm³/mol. The lowest BCUT2D eigenvalue weighted by Crippen LogP contribution is -2.27. The number of thiophene rings is 1. The third-order valence-electron chi connectivity index (χ3n) is 2.15. The van der Waals surface area contributed by atoms with Crippen LogP contribution in [0.5, 0.6) is 0 Å². The number of rotatable bonds is 6. The van der Waals surface area contributed by atoms with Gasteiger partial charge in [0.1, 0.15) is 0 Å². The first-order valence-electron chi connectivity index (χ1n) is 5.53. The summed E-state index contributed by atoms with van der Waals surface area (Å²) in [6.45, 7) is 0.676. The Morgan fingerprint density at radius 1 is 1.33 bits per heavy atom. The van der Waals surface area contributed by atoms with Gasteiger partial charge >= 0.3 is 0 Å². The van der Waals surface area contributed by atoms with Crippen molar-refractivity contribution < 1.29 is 4.79 Å². The average Bonchev–Trinajstić information content (AvgIpc) is 2.91. The van der Waals surface area contributed by atoms with Crippen molar-refractivity contribution in [1.82, 2.24) is 15.3 Å². The number of nitrogens with zero attached hydrogens (tertiary/aromatic N) is 2. The van der Waals surface area contributed by atoms with Crippen LogP contribution in [0.2, 0.25) is 0 Å². The fraction of sp³-hybridized carbons (Fsp3) is 0.250. The van der Waals surface area contributed by atoms with Gasteiger partial charge in [0.25, 0.3) is 0 Å². The maximum Gasteiger partial charge on any atom is 0.230 e. The van der Waals surface area contributed by atoms with Crippen LogP contribution in [0, 0.1) is 0 Å². The van der Waals surface area contributed by atoms with Gasteiger partial charge < -0.3 is 5.32 Å². The molecule has 2 aromatic rings. The van der Waals surface area contributed by atoms with Crippen molar-refractivity contribution in [2.45, 2.75) is 11.6 Å². The van der Waals surface area contributed by atoms with Gasteiger partial charge in [0, 0.05) is 23.8 Å². The summed E-state index contributed by atoms with van der Waals surface area (Å²) in [4.78, 5) is 20.9. The third-order valence-corrected chi connectivity index (χ3v) is 3.96. The summed E-state index contributed by atoms with van der Waals surface area (Å²) in [6.07, 6.45) is 4.23. The normalized spacial score (nSPS) is 10.2. The molecule has 0 atom stereocenters. The fourth-order valence-corrected chi connectivity index (χ4v) is 2.66. The van der Waals surface area contributed by atoms with Crippen molar-refractivity contribution in [3.05, 3.63) is 40.8 Å². The zero-order valence-electron chi connectivity index (χ0n) is 9.70. The van der Waals surface area contributed by atoms with E-state index in [2.05, 4.69) is 21.4 Å². The SMILES string of the molecule is O=C(CSc1ncccn1)NCCc1cccs1. The van der Waals surface area contributed by atoms with Crippen LogP contribution in [0.15, 0.2) is 41.1 Å². The Morgan fingerprint density at radius 3 is 2.89 bits per heavy atom. The first kappa shape index (κ1) is 13.0. The molecule has 6 heteroatoms. The summed E-state index contributed by atoms with van der Waals surface area (Å²) in [5.41, 5.74) is 0. The molecule has 0 aromatic carbocycles. The van der Waals surface area contributed by atoms with Crippen molar-refractivity contribution in [2.75, 3.05) is 12.3 Å². The molecule has 4 nitrogen and oxygen atoms in total. The van der Waals surface area contributed by atoms with E-state index in [-0.39, 0.29) is 5.91 Å². The quantitative estimate of drug-likeness (QED) is 0.649. The molecule has 0 saturated heterocycles. The smallest absolute Gasteiger partial charge is 0.230 e. The van der Waals surface area contributed by atoms with Crippen molar-refractivity contribution in [3.63, 3.8) is 0 Å². The molecule has 94 valence electrons. The molecule has 2 aromatic heterocycles. The van der Waals surface area contributed by atoms with Gasteiger partial charge in [-0.05, 0) is 23.9 Å². The lowest BCUT2D eigenvalue weighted by atomic mass is 10.3. The minimum atomic E-state index is 0.0176. The number of hydrogen-bond acceptors (Lipinski definition) is 5. The van der Waals surface area contributed by atoms with Crippen LogP contribution in [0.25, 0.3) is 0 Å². The molecule has 0 spiro atoms. The Morgan fingerprint density at radius 2 is 2.17 bits per heavy atom. The Balaban J connectivity index is 1.63.